The molecule has 4 fully saturated rings. The van der Waals surface area contributed by atoms with Crippen LogP contribution in [-0.2, 0) is 0 Å². The minimum Gasteiger partial charge on any atom is -0.310 e. The van der Waals surface area contributed by atoms with Crippen LogP contribution in [0.25, 0.3) is 4.85 Å². The molecule has 0 spiro atoms. The van der Waals surface area contributed by atoms with E-state index in [0.717, 1.165) is 5.92 Å². The molecule has 17 heavy (non-hydrogen) atoms. The second-order valence-electron chi connectivity index (χ2n) is 7.93. The Morgan fingerprint density at radius 2 is 1.59 bits per heavy atom. The summed E-state index contributed by atoms with van der Waals surface area (Å²) in [6, 6.07) is 0. The quantitative estimate of drug-likeness (QED) is 0.584. The normalized spacial score (nSPS) is 56.2. The first-order valence-electron chi connectivity index (χ1n) is 7.25. The van der Waals surface area contributed by atoms with Crippen LogP contribution in [0.2, 0.25) is 0 Å². The lowest BCUT2D eigenvalue weighted by Gasteiger charge is -2.58. The van der Waals surface area contributed by atoms with E-state index in [2.05, 4.69) is 32.5 Å². The van der Waals surface area contributed by atoms with Crippen LogP contribution in [-0.4, -0.2) is 5.54 Å². The summed E-state index contributed by atoms with van der Waals surface area (Å²) in [5.74, 6) is 2.01. The average Bonchev–Trinajstić information content (AvgIpc) is 2.42. The summed E-state index contributed by atoms with van der Waals surface area (Å²) in [6.45, 7) is 17.3. The molecule has 1 heteroatoms. The lowest BCUT2D eigenvalue weighted by molar-refractivity contribution is -0.0827. The fraction of sp³-hybridized carbons (Fsp3) is 0.938. The molecule has 0 radical (unpaired) electrons. The highest BCUT2D eigenvalue weighted by Crippen LogP contribution is 2.72. The molecular formula is C16H25N. The lowest BCUT2D eigenvalue weighted by atomic mass is 9.45. The molecule has 4 aliphatic rings. The highest BCUT2D eigenvalue weighted by atomic mass is 14.9. The molecular weight excluding hydrogens is 206 g/mol. The van der Waals surface area contributed by atoms with Crippen LogP contribution < -0.4 is 0 Å². The van der Waals surface area contributed by atoms with Crippen LogP contribution in [0.15, 0.2) is 0 Å². The highest BCUT2D eigenvalue weighted by Gasteiger charge is 2.69. The number of rotatable bonds is 1. The van der Waals surface area contributed by atoms with Gasteiger partial charge in [0.2, 0.25) is 5.54 Å². The van der Waals surface area contributed by atoms with Gasteiger partial charge in [-0.2, -0.15) is 0 Å². The van der Waals surface area contributed by atoms with Crippen LogP contribution in [0.3, 0.4) is 0 Å². The fourth-order valence-corrected chi connectivity index (χ4v) is 5.76. The molecule has 0 heterocycles. The van der Waals surface area contributed by atoms with E-state index in [1.54, 1.807) is 0 Å². The van der Waals surface area contributed by atoms with E-state index in [-0.39, 0.29) is 5.54 Å². The Balaban J connectivity index is 2.04. The minimum atomic E-state index is -0.0198. The van der Waals surface area contributed by atoms with Crippen molar-refractivity contribution in [3.63, 3.8) is 0 Å². The molecule has 94 valence electrons. The third-order valence-electron chi connectivity index (χ3n) is 6.82. The van der Waals surface area contributed by atoms with Gasteiger partial charge < -0.3 is 4.85 Å². The van der Waals surface area contributed by atoms with Crippen molar-refractivity contribution in [2.45, 2.75) is 65.3 Å². The zero-order valence-electron chi connectivity index (χ0n) is 11.7. The summed E-state index contributed by atoms with van der Waals surface area (Å²) in [7, 11) is 0. The summed E-state index contributed by atoms with van der Waals surface area (Å²) in [6.07, 6.45) is 6.67. The van der Waals surface area contributed by atoms with Gasteiger partial charge in [-0.05, 0) is 42.4 Å². The van der Waals surface area contributed by atoms with Gasteiger partial charge >= 0.3 is 0 Å². The Hall–Kier alpha value is -0.510. The predicted molar refractivity (Wildman–Crippen MR) is 70.5 cm³/mol. The molecule has 0 aromatic rings. The molecule has 0 unspecified atom stereocenters. The Morgan fingerprint density at radius 3 is 1.94 bits per heavy atom. The van der Waals surface area contributed by atoms with Crippen molar-refractivity contribution in [3.8, 4) is 0 Å². The maximum absolute atomic E-state index is 7.73. The van der Waals surface area contributed by atoms with E-state index in [1.165, 1.54) is 32.1 Å². The SMILES string of the molecule is [C-]#[N+][C@@]1(C(C)C)CC2[C@@]3(C)CC[C@@]2(C)CC1C3. The molecule has 4 bridgehead atoms. The van der Waals surface area contributed by atoms with Gasteiger partial charge in [0.25, 0.3) is 0 Å². The second kappa shape index (κ2) is 3.08. The molecule has 1 nitrogen and oxygen atoms in total. The largest absolute Gasteiger partial charge is 0.310 e. The third-order valence-corrected chi connectivity index (χ3v) is 6.82. The Labute approximate surface area is 106 Å². The van der Waals surface area contributed by atoms with Gasteiger partial charge in [0, 0.05) is 18.3 Å². The standard InChI is InChI=1S/C16H25N/c1-11(2)16(17-5)10-13-14(3)6-7-15(13,4)9-12(16)8-14/h11-13H,6-10H2,1-4H3/t12?,13?,14-,15-,16+/m0/s1. The first-order chi connectivity index (χ1) is 7.86. The first kappa shape index (κ1) is 11.6. The summed E-state index contributed by atoms with van der Waals surface area (Å²) in [5, 5.41) is 0. The van der Waals surface area contributed by atoms with Crippen LogP contribution in [0.4, 0.5) is 0 Å². The van der Waals surface area contributed by atoms with E-state index < -0.39 is 0 Å². The van der Waals surface area contributed by atoms with Crippen LogP contribution in [0.1, 0.15) is 59.8 Å². The van der Waals surface area contributed by atoms with E-state index in [4.69, 9.17) is 6.57 Å². The molecule has 0 aromatic heterocycles. The Bertz CT molecular complexity index is 373. The van der Waals surface area contributed by atoms with Crippen molar-refractivity contribution in [1.29, 1.82) is 0 Å². The van der Waals surface area contributed by atoms with Gasteiger partial charge in [-0.25, -0.2) is 6.57 Å². The first-order valence-corrected chi connectivity index (χ1v) is 7.25. The van der Waals surface area contributed by atoms with Crippen molar-refractivity contribution in [3.05, 3.63) is 11.4 Å². The van der Waals surface area contributed by atoms with E-state index in [9.17, 15) is 0 Å². The summed E-state index contributed by atoms with van der Waals surface area (Å²) < 4.78 is 0. The van der Waals surface area contributed by atoms with Crippen LogP contribution >= 0.6 is 0 Å². The molecule has 3 atom stereocenters. The number of nitrogens with zero attached hydrogens (tertiary/aromatic N) is 1. The van der Waals surface area contributed by atoms with Gasteiger partial charge in [0.1, 0.15) is 0 Å². The Kier molecular flexibility index (Phi) is 2.10. The fourth-order valence-electron chi connectivity index (χ4n) is 5.76. The van der Waals surface area contributed by atoms with Crippen molar-refractivity contribution in [2.75, 3.05) is 0 Å². The van der Waals surface area contributed by atoms with Crippen molar-refractivity contribution < 1.29 is 0 Å². The predicted octanol–water partition coefficient (Wildman–Crippen LogP) is 4.54. The van der Waals surface area contributed by atoms with Gasteiger partial charge in [0.15, 0.2) is 0 Å². The molecule has 4 aliphatic carbocycles. The average molecular weight is 231 g/mol. The van der Waals surface area contributed by atoms with Gasteiger partial charge in [-0.1, -0.05) is 27.7 Å². The van der Waals surface area contributed by atoms with Crippen LogP contribution in [0.5, 0.6) is 0 Å². The molecule has 0 aromatic carbocycles. The summed E-state index contributed by atoms with van der Waals surface area (Å²) >= 11 is 0. The van der Waals surface area contributed by atoms with E-state index >= 15 is 0 Å². The molecule has 0 amide bonds. The zero-order valence-corrected chi connectivity index (χ0v) is 11.7. The van der Waals surface area contributed by atoms with Crippen molar-refractivity contribution in [1.82, 2.24) is 0 Å². The van der Waals surface area contributed by atoms with Gasteiger partial charge in [-0.15, -0.1) is 0 Å². The Morgan fingerprint density at radius 1 is 1.06 bits per heavy atom. The molecule has 4 saturated carbocycles. The van der Waals surface area contributed by atoms with Gasteiger partial charge in [0.05, 0.1) is 0 Å². The van der Waals surface area contributed by atoms with Crippen molar-refractivity contribution in [2.24, 2.45) is 28.6 Å². The summed E-state index contributed by atoms with van der Waals surface area (Å²) in [4.78, 5) is 4.17. The highest BCUT2D eigenvalue weighted by molar-refractivity contribution is 5.22. The van der Waals surface area contributed by atoms with Gasteiger partial charge in [-0.3, -0.25) is 0 Å². The number of fused-ring (bicyclic) bond motifs is 1. The summed E-state index contributed by atoms with van der Waals surface area (Å²) in [5.41, 5.74) is 1.12. The number of hydrogen-bond donors (Lipinski definition) is 0. The maximum atomic E-state index is 7.73. The monoisotopic (exact) mass is 231 g/mol. The van der Waals surface area contributed by atoms with Crippen molar-refractivity contribution >= 4 is 0 Å². The minimum absolute atomic E-state index is 0.0198. The molecule has 0 aliphatic heterocycles. The molecule has 0 N–H and O–H groups in total. The number of hydrogen-bond acceptors (Lipinski definition) is 0. The topological polar surface area (TPSA) is 4.36 Å². The maximum Gasteiger partial charge on any atom is 0.237 e. The van der Waals surface area contributed by atoms with E-state index in [0.29, 0.717) is 22.7 Å². The lowest BCUT2D eigenvalue weighted by Crippen LogP contribution is -2.58. The zero-order chi connectivity index (χ0) is 12.5. The smallest absolute Gasteiger partial charge is 0.237 e. The van der Waals surface area contributed by atoms with Crippen LogP contribution in [0, 0.1) is 35.2 Å². The second-order valence-corrected chi connectivity index (χ2v) is 7.93. The molecule has 0 saturated heterocycles. The molecule has 4 rings (SSSR count). The van der Waals surface area contributed by atoms with E-state index in [1.807, 2.05) is 0 Å². The third kappa shape index (κ3) is 1.20.